The number of rotatable bonds is 9. The molecule has 4 heteroatoms. The van der Waals surface area contributed by atoms with E-state index in [-0.39, 0.29) is 12.6 Å². The third-order valence-electron chi connectivity index (χ3n) is 6.75. The summed E-state index contributed by atoms with van der Waals surface area (Å²) in [4.78, 5) is 7.37. The van der Waals surface area contributed by atoms with E-state index in [2.05, 4.69) is 75.8 Å². The van der Waals surface area contributed by atoms with Crippen LogP contribution in [0.25, 0.3) is 17.3 Å². The molecular weight excluding hydrogens is 456 g/mol. The van der Waals surface area contributed by atoms with Crippen LogP contribution in [0.4, 0.5) is 0 Å². The van der Waals surface area contributed by atoms with Crippen molar-refractivity contribution in [1.82, 2.24) is 4.90 Å². The van der Waals surface area contributed by atoms with Crippen LogP contribution in [0.15, 0.2) is 90.5 Å². The Kier molecular flexibility index (Phi) is 10.0. The zero-order chi connectivity index (χ0) is 26.9. The predicted octanol–water partition coefficient (Wildman–Crippen LogP) is 7.08. The molecule has 0 aromatic heterocycles. The van der Waals surface area contributed by atoms with Gasteiger partial charge in [-0.1, -0.05) is 75.2 Å². The van der Waals surface area contributed by atoms with Gasteiger partial charge in [0.2, 0.25) is 0 Å². The largest absolute Gasteiger partial charge is 0.392 e. The second-order valence-electron chi connectivity index (χ2n) is 9.53. The smallest absolute Gasteiger partial charge is 0.137 e. The van der Waals surface area contributed by atoms with E-state index >= 15 is 0 Å². The molecule has 1 fully saturated rings. The lowest BCUT2D eigenvalue weighted by Crippen LogP contribution is -2.47. The first-order chi connectivity index (χ1) is 17.8. The number of ether oxygens (including phenoxy) is 1. The molecule has 0 unspecified atom stereocenters. The third-order valence-corrected chi connectivity index (χ3v) is 6.75. The summed E-state index contributed by atoms with van der Waals surface area (Å²) in [5, 5.41) is 9.81. The van der Waals surface area contributed by atoms with Crippen LogP contribution in [0.5, 0.6) is 0 Å². The Morgan fingerprint density at radius 3 is 2.54 bits per heavy atom. The van der Waals surface area contributed by atoms with E-state index in [0.29, 0.717) is 18.9 Å². The third kappa shape index (κ3) is 7.06. The Hall–Kier alpha value is -3.47. The Balaban J connectivity index is 2.08. The number of aryl methyl sites for hydroxylation is 1. The molecule has 194 valence electrons. The van der Waals surface area contributed by atoms with Gasteiger partial charge in [0.05, 0.1) is 31.6 Å². The molecule has 1 N–H and O–H groups in total. The predicted molar refractivity (Wildman–Crippen MR) is 158 cm³/mol. The topological polar surface area (TPSA) is 45.1 Å². The lowest BCUT2D eigenvalue weighted by molar-refractivity contribution is 0.0335. The number of nitrogens with zero attached hydrogens (tertiary/aromatic N) is 2. The number of allylic oxidation sites excluding steroid dienone is 3. The van der Waals surface area contributed by atoms with Gasteiger partial charge in [-0.25, -0.2) is 4.99 Å². The summed E-state index contributed by atoms with van der Waals surface area (Å²) in [6, 6.07) is 14.5. The van der Waals surface area contributed by atoms with Gasteiger partial charge in [-0.2, -0.15) is 0 Å². The number of hydrogen-bond acceptors (Lipinski definition) is 3. The van der Waals surface area contributed by atoms with E-state index in [4.69, 9.17) is 9.73 Å². The first kappa shape index (κ1) is 28.1. The fourth-order valence-electron chi connectivity index (χ4n) is 4.43. The summed E-state index contributed by atoms with van der Waals surface area (Å²) in [7, 11) is 0. The van der Waals surface area contributed by atoms with Gasteiger partial charge in [-0.3, -0.25) is 0 Å². The molecule has 37 heavy (non-hydrogen) atoms. The molecule has 2 aromatic carbocycles. The summed E-state index contributed by atoms with van der Waals surface area (Å²) in [6.07, 6.45) is 6.93. The summed E-state index contributed by atoms with van der Waals surface area (Å²) in [5.41, 5.74) is 8.88. The fraction of sp³-hybridized carbons (Fsp3) is 0.303. The molecule has 4 nitrogen and oxygen atoms in total. The second kappa shape index (κ2) is 13.2. The molecule has 0 amide bonds. The SMILES string of the molecule is C=Cc1cccc(C(=C)N=C(/C(=C/C=C(\C)c2ccc(CC)c(CO)c2)C(=C)C)N2CCOC[C@@H]2C)c1. The van der Waals surface area contributed by atoms with E-state index in [1.807, 2.05) is 37.3 Å². The van der Waals surface area contributed by atoms with Gasteiger partial charge >= 0.3 is 0 Å². The number of amidine groups is 1. The highest BCUT2D eigenvalue weighted by Crippen LogP contribution is 2.25. The van der Waals surface area contributed by atoms with Crippen molar-refractivity contribution >= 4 is 23.2 Å². The molecule has 1 aliphatic heterocycles. The van der Waals surface area contributed by atoms with Gasteiger partial charge in [0.1, 0.15) is 5.84 Å². The molecule has 2 aromatic rings. The Labute approximate surface area is 222 Å². The highest BCUT2D eigenvalue weighted by atomic mass is 16.5. The van der Waals surface area contributed by atoms with Crippen molar-refractivity contribution in [2.75, 3.05) is 19.8 Å². The molecule has 0 bridgehead atoms. The van der Waals surface area contributed by atoms with Crippen LogP contribution in [0.1, 0.15) is 55.5 Å². The van der Waals surface area contributed by atoms with E-state index in [0.717, 1.165) is 57.8 Å². The standard InChI is InChI=1S/C33H40N2O2/c1-8-27-11-10-12-30(19-27)26(7)34-33(35-17-18-37-22-25(35)6)32(23(3)4)16-13-24(5)29-15-14-28(9-2)31(20-29)21-36/h8,10-16,19-20,25,36H,1,3,7,9,17-18,21-22H2,2,4-6H3/b24-13+,32-16+,34-33?/t25-/m0/s1. The zero-order valence-corrected chi connectivity index (χ0v) is 22.8. The molecule has 1 saturated heterocycles. The normalized spacial score (nSPS) is 17.1. The van der Waals surface area contributed by atoms with Crippen molar-refractivity contribution in [3.63, 3.8) is 0 Å². The number of aliphatic imine (C=N–C) groups is 1. The summed E-state index contributed by atoms with van der Waals surface area (Å²) < 4.78 is 5.71. The summed E-state index contributed by atoms with van der Waals surface area (Å²) in [5.74, 6) is 0.846. The van der Waals surface area contributed by atoms with Gasteiger partial charge in [0, 0.05) is 17.7 Å². The minimum absolute atomic E-state index is 0.0397. The summed E-state index contributed by atoms with van der Waals surface area (Å²) >= 11 is 0. The average Bonchev–Trinajstić information content (AvgIpc) is 2.92. The molecular formula is C33H40N2O2. The highest BCUT2D eigenvalue weighted by Gasteiger charge is 2.25. The maximum absolute atomic E-state index is 9.81. The zero-order valence-electron chi connectivity index (χ0n) is 22.8. The molecule has 0 spiro atoms. The van der Waals surface area contributed by atoms with Gasteiger partial charge in [0.15, 0.2) is 0 Å². The van der Waals surface area contributed by atoms with Crippen molar-refractivity contribution in [3.8, 4) is 0 Å². The van der Waals surface area contributed by atoms with Crippen LogP contribution >= 0.6 is 0 Å². The lowest BCUT2D eigenvalue weighted by atomic mass is 9.97. The minimum atomic E-state index is 0.0397. The van der Waals surface area contributed by atoms with Crippen molar-refractivity contribution in [3.05, 3.63) is 113 Å². The van der Waals surface area contributed by atoms with Crippen LogP contribution in [0, 0.1) is 0 Å². The van der Waals surface area contributed by atoms with Gasteiger partial charge in [0.25, 0.3) is 0 Å². The molecule has 1 heterocycles. The highest BCUT2D eigenvalue weighted by molar-refractivity contribution is 6.05. The van der Waals surface area contributed by atoms with E-state index in [1.54, 1.807) is 0 Å². The fourth-order valence-corrected chi connectivity index (χ4v) is 4.43. The molecule has 1 atom stereocenters. The Morgan fingerprint density at radius 1 is 1.11 bits per heavy atom. The maximum atomic E-state index is 9.81. The molecule has 0 aliphatic carbocycles. The quantitative estimate of drug-likeness (QED) is 0.229. The van der Waals surface area contributed by atoms with Crippen molar-refractivity contribution in [2.24, 2.45) is 4.99 Å². The Morgan fingerprint density at radius 2 is 1.89 bits per heavy atom. The number of benzene rings is 2. The average molecular weight is 497 g/mol. The van der Waals surface area contributed by atoms with Gasteiger partial charge in [-0.15, -0.1) is 0 Å². The molecule has 0 saturated carbocycles. The second-order valence-corrected chi connectivity index (χ2v) is 9.53. The Bertz CT molecular complexity index is 1250. The van der Waals surface area contributed by atoms with E-state index < -0.39 is 0 Å². The van der Waals surface area contributed by atoms with Crippen LogP contribution in [0.2, 0.25) is 0 Å². The monoisotopic (exact) mass is 496 g/mol. The van der Waals surface area contributed by atoms with Crippen molar-refractivity contribution in [1.29, 1.82) is 0 Å². The number of aliphatic hydroxyl groups is 1. The minimum Gasteiger partial charge on any atom is -0.392 e. The first-order valence-corrected chi connectivity index (χ1v) is 12.9. The van der Waals surface area contributed by atoms with Crippen LogP contribution in [0.3, 0.4) is 0 Å². The number of morpholine rings is 1. The van der Waals surface area contributed by atoms with Gasteiger partial charge in [-0.05, 0) is 72.7 Å². The lowest BCUT2D eigenvalue weighted by Gasteiger charge is -2.37. The van der Waals surface area contributed by atoms with Crippen LogP contribution in [-0.2, 0) is 17.8 Å². The first-order valence-electron chi connectivity index (χ1n) is 12.9. The molecule has 1 aliphatic rings. The van der Waals surface area contributed by atoms with E-state index in [1.165, 1.54) is 5.56 Å². The molecule has 3 rings (SSSR count). The van der Waals surface area contributed by atoms with Crippen LogP contribution in [-0.4, -0.2) is 41.6 Å². The van der Waals surface area contributed by atoms with E-state index in [9.17, 15) is 5.11 Å². The maximum Gasteiger partial charge on any atom is 0.137 e. The number of hydrogen-bond donors (Lipinski definition) is 1. The van der Waals surface area contributed by atoms with Crippen LogP contribution < -0.4 is 0 Å². The van der Waals surface area contributed by atoms with Crippen molar-refractivity contribution in [2.45, 2.75) is 46.8 Å². The van der Waals surface area contributed by atoms with Crippen molar-refractivity contribution < 1.29 is 9.84 Å². The summed E-state index contributed by atoms with van der Waals surface area (Å²) in [6.45, 7) is 22.9. The molecule has 0 radical (unpaired) electrons. The van der Waals surface area contributed by atoms with Gasteiger partial charge < -0.3 is 14.7 Å². The number of aliphatic hydroxyl groups excluding tert-OH is 1.